The minimum Gasteiger partial charge on any atom is -0.368 e. The Kier molecular flexibility index (Phi) is 3.47. The second kappa shape index (κ2) is 5.92. The molecular weight excluding hydrogens is 300 g/mol. The minimum absolute atomic E-state index is 0.243. The molecule has 0 saturated heterocycles. The fourth-order valence-electron chi connectivity index (χ4n) is 2.55. The molecule has 4 rings (SSSR count). The molecule has 24 heavy (non-hydrogen) atoms. The second-order valence-electron chi connectivity index (χ2n) is 5.25. The van der Waals surface area contributed by atoms with Crippen molar-refractivity contribution in [2.75, 3.05) is 5.73 Å². The van der Waals surface area contributed by atoms with E-state index >= 15 is 0 Å². The third kappa shape index (κ3) is 2.61. The zero-order valence-corrected chi connectivity index (χ0v) is 12.7. The quantitative estimate of drug-likeness (QED) is 0.628. The number of pyridine rings is 1. The highest BCUT2D eigenvalue weighted by Crippen LogP contribution is 2.30. The summed E-state index contributed by atoms with van der Waals surface area (Å²) >= 11 is 0. The summed E-state index contributed by atoms with van der Waals surface area (Å²) in [5.74, 6) is 0.243. The maximum absolute atomic E-state index is 5.78. The van der Waals surface area contributed by atoms with Gasteiger partial charge in [0.1, 0.15) is 0 Å². The fourth-order valence-corrected chi connectivity index (χ4v) is 2.55. The maximum atomic E-state index is 5.78. The van der Waals surface area contributed by atoms with Crippen LogP contribution in [0.4, 0.5) is 5.95 Å². The smallest absolute Gasteiger partial charge is 0.220 e. The molecule has 0 fully saturated rings. The van der Waals surface area contributed by atoms with E-state index in [0.717, 1.165) is 28.1 Å². The molecular formula is C18H14N6. The summed E-state index contributed by atoms with van der Waals surface area (Å²) in [5.41, 5.74) is 10.4. The van der Waals surface area contributed by atoms with Gasteiger partial charge in [0.15, 0.2) is 0 Å². The number of hydrogen-bond acceptors (Lipinski definition) is 5. The lowest BCUT2D eigenvalue weighted by Crippen LogP contribution is -1.99. The Morgan fingerprint density at radius 3 is 2.46 bits per heavy atom. The van der Waals surface area contributed by atoms with Gasteiger partial charge in [-0.3, -0.25) is 4.98 Å². The summed E-state index contributed by atoms with van der Waals surface area (Å²) in [5, 5.41) is 0. The highest BCUT2D eigenvalue weighted by Gasteiger charge is 2.11. The molecule has 0 aliphatic rings. The van der Waals surface area contributed by atoms with Crippen molar-refractivity contribution < 1.29 is 0 Å². The van der Waals surface area contributed by atoms with Crippen molar-refractivity contribution in [3.05, 3.63) is 73.7 Å². The molecule has 0 aliphatic carbocycles. The van der Waals surface area contributed by atoms with E-state index in [-0.39, 0.29) is 5.95 Å². The van der Waals surface area contributed by atoms with E-state index in [4.69, 9.17) is 5.73 Å². The van der Waals surface area contributed by atoms with Gasteiger partial charge < -0.3 is 10.3 Å². The van der Waals surface area contributed by atoms with Gasteiger partial charge in [-0.1, -0.05) is 12.1 Å². The number of hydrogen-bond donors (Lipinski definition) is 1. The molecule has 4 aromatic rings. The van der Waals surface area contributed by atoms with Gasteiger partial charge in [0.05, 0.1) is 12.0 Å². The predicted molar refractivity (Wildman–Crippen MR) is 92.2 cm³/mol. The normalized spacial score (nSPS) is 10.7. The first-order valence-electron chi connectivity index (χ1n) is 7.43. The molecule has 0 radical (unpaired) electrons. The molecule has 116 valence electrons. The molecule has 0 unspecified atom stereocenters. The van der Waals surface area contributed by atoms with E-state index in [0.29, 0.717) is 0 Å². The van der Waals surface area contributed by atoms with Gasteiger partial charge in [0.25, 0.3) is 0 Å². The zero-order valence-electron chi connectivity index (χ0n) is 12.7. The average Bonchev–Trinajstić information content (AvgIpc) is 3.17. The van der Waals surface area contributed by atoms with Gasteiger partial charge in [-0.15, -0.1) is 0 Å². The zero-order chi connectivity index (χ0) is 16.4. The Balaban J connectivity index is 1.79. The molecule has 0 saturated carbocycles. The Morgan fingerprint density at radius 1 is 0.875 bits per heavy atom. The van der Waals surface area contributed by atoms with E-state index in [1.807, 2.05) is 47.2 Å². The van der Waals surface area contributed by atoms with Gasteiger partial charge in [0, 0.05) is 47.8 Å². The van der Waals surface area contributed by atoms with Crippen molar-refractivity contribution in [3.63, 3.8) is 0 Å². The SMILES string of the molecule is Nc1ncc(-c2ccc(-n3ccnc3)cc2)c(-c2cccnc2)n1. The summed E-state index contributed by atoms with van der Waals surface area (Å²) in [6, 6.07) is 12.0. The van der Waals surface area contributed by atoms with Crippen LogP contribution in [0.2, 0.25) is 0 Å². The molecule has 0 spiro atoms. The average molecular weight is 314 g/mol. The highest BCUT2D eigenvalue weighted by atomic mass is 15.0. The van der Waals surface area contributed by atoms with Crippen LogP contribution in [0.5, 0.6) is 0 Å². The van der Waals surface area contributed by atoms with Crippen LogP contribution in [0, 0.1) is 0 Å². The topological polar surface area (TPSA) is 82.5 Å². The number of nitrogens with two attached hydrogens (primary N) is 1. The molecule has 6 heteroatoms. The number of rotatable bonds is 3. The van der Waals surface area contributed by atoms with Crippen LogP contribution in [-0.4, -0.2) is 24.5 Å². The van der Waals surface area contributed by atoms with E-state index in [2.05, 4.69) is 19.9 Å². The number of benzene rings is 1. The van der Waals surface area contributed by atoms with Gasteiger partial charge in [-0.2, -0.15) is 0 Å². The minimum atomic E-state index is 0.243. The summed E-state index contributed by atoms with van der Waals surface area (Å²) in [4.78, 5) is 16.8. The number of anilines is 1. The van der Waals surface area contributed by atoms with E-state index in [1.165, 1.54) is 0 Å². The molecule has 1 aromatic carbocycles. The monoisotopic (exact) mass is 314 g/mol. The predicted octanol–water partition coefficient (Wildman–Crippen LogP) is 2.97. The maximum Gasteiger partial charge on any atom is 0.220 e. The Bertz CT molecular complexity index is 947. The molecule has 3 heterocycles. The summed E-state index contributed by atoms with van der Waals surface area (Å²) in [6.45, 7) is 0. The lowest BCUT2D eigenvalue weighted by molar-refractivity contribution is 1.06. The molecule has 0 amide bonds. The molecule has 2 N–H and O–H groups in total. The van der Waals surface area contributed by atoms with Crippen molar-refractivity contribution >= 4 is 5.95 Å². The lowest BCUT2D eigenvalue weighted by Gasteiger charge is -2.10. The third-order valence-corrected chi connectivity index (χ3v) is 3.72. The van der Waals surface area contributed by atoms with Gasteiger partial charge in [0.2, 0.25) is 5.95 Å². The van der Waals surface area contributed by atoms with Crippen molar-refractivity contribution in [1.82, 2.24) is 24.5 Å². The third-order valence-electron chi connectivity index (χ3n) is 3.72. The van der Waals surface area contributed by atoms with Gasteiger partial charge in [-0.05, 0) is 29.8 Å². The fraction of sp³-hybridized carbons (Fsp3) is 0. The van der Waals surface area contributed by atoms with Crippen LogP contribution in [0.25, 0.3) is 28.1 Å². The van der Waals surface area contributed by atoms with E-state index in [9.17, 15) is 0 Å². The Hall–Kier alpha value is -3.54. The van der Waals surface area contributed by atoms with Crippen LogP contribution in [0.15, 0.2) is 73.7 Å². The van der Waals surface area contributed by atoms with Crippen molar-refractivity contribution in [2.45, 2.75) is 0 Å². The number of nitrogens with zero attached hydrogens (tertiary/aromatic N) is 5. The highest BCUT2D eigenvalue weighted by molar-refractivity contribution is 5.80. The summed E-state index contributed by atoms with van der Waals surface area (Å²) < 4.78 is 1.95. The van der Waals surface area contributed by atoms with Crippen molar-refractivity contribution in [3.8, 4) is 28.1 Å². The summed E-state index contributed by atoms with van der Waals surface area (Å²) in [7, 11) is 0. The molecule has 3 aromatic heterocycles. The first-order chi connectivity index (χ1) is 11.8. The number of imidazole rings is 1. The van der Waals surface area contributed by atoms with Crippen LogP contribution in [0.3, 0.4) is 0 Å². The molecule has 0 aliphatic heterocycles. The molecule has 6 nitrogen and oxygen atoms in total. The number of nitrogen functional groups attached to an aromatic ring is 1. The Labute approximate surface area is 138 Å². The first-order valence-corrected chi connectivity index (χ1v) is 7.43. The molecule has 0 atom stereocenters. The van der Waals surface area contributed by atoms with Crippen molar-refractivity contribution in [2.24, 2.45) is 0 Å². The van der Waals surface area contributed by atoms with Crippen molar-refractivity contribution in [1.29, 1.82) is 0 Å². The first kappa shape index (κ1) is 14.1. The van der Waals surface area contributed by atoms with Crippen LogP contribution < -0.4 is 5.73 Å². The van der Waals surface area contributed by atoms with Gasteiger partial charge >= 0.3 is 0 Å². The lowest BCUT2D eigenvalue weighted by atomic mass is 10.0. The van der Waals surface area contributed by atoms with Gasteiger partial charge in [-0.25, -0.2) is 15.0 Å². The number of aromatic nitrogens is 5. The van der Waals surface area contributed by atoms with Crippen LogP contribution >= 0.6 is 0 Å². The van der Waals surface area contributed by atoms with E-state index in [1.54, 1.807) is 31.1 Å². The van der Waals surface area contributed by atoms with Crippen LogP contribution in [-0.2, 0) is 0 Å². The Morgan fingerprint density at radius 2 is 1.75 bits per heavy atom. The van der Waals surface area contributed by atoms with Crippen LogP contribution in [0.1, 0.15) is 0 Å². The largest absolute Gasteiger partial charge is 0.368 e. The van der Waals surface area contributed by atoms with E-state index < -0.39 is 0 Å². The second-order valence-corrected chi connectivity index (χ2v) is 5.25. The summed E-state index contributed by atoms with van der Waals surface area (Å²) in [6.07, 6.45) is 10.7. The molecule has 0 bridgehead atoms. The standard InChI is InChI=1S/C18H14N6/c19-18-22-11-16(17(23-18)14-2-1-7-20-10-14)13-3-5-15(6-4-13)24-9-8-21-12-24/h1-12H,(H2,19,22,23).